The van der Waals surface area contributed by atoms with Gasteiger partial charge in [-0.25, -0.2) is 0 Å². The lowest BCUT2D eigenvalue weighted by molar-refractivity contribution is -0.120. The zero-order valence-electron chi connectivity index (χ0n) is 10.7. The minimum absolute atomic E-state index is 0.0367. The van der Waals surface area contributed by atoms with Gasteiger partial charge in [-0.05, 0) is 31.4 Å². The second-order valence-corrected chi connectivity index (χ2v) is 4.84. The number of hydrogen-bond donors (Lipinski definition) is 1. The fourth-order valence-electron chi connectivity index (χ4n) is 1.98. The maximum atomic E-state index is 12.5. The SMILES string of the molecule is CC[C@H](O)c1ccc(N(CC(F)(F)F)C2CC2)cn1. The van der Waals surface area contributed by atoms with Crippen LogP contribution in [0.3, 0.4) is 0 Å². The van der Waals surface area contributed by atoms with Gasteiger partial charge in [0.15, 0.2) is 0 Å². The monoisotopic (exact) mass is 274 g/mol. The quantitative estimate of drug-likeness (QED) is 0.896. The molecule has 19 heavy (non-hydrogen) atoms. The van der Waals surface area contributed by atoms with Gasteiger partial charge in [-0.1, -0.05) is 6.92 Å². The molecular formula is C13H17F3N2O. The van der Waals surface area contributed by atoms with Crippen molar-refractivity contribution < 1.29 is 18.3 Å². The molecule has 0 amide bonds. The predicted molar refractivity (Wildman–Crippen MR) is 65.9 cm³/mol. The Morgan fingerprint density at radius 3 is 2.53 bits per heavy atom. The maximum Gasteiger partial charge on any atom is 0.405 e. The third-order valence-corrected chi connectivity index (χ3v) is 3.17. The van der Waals surface area contributed by atoms with Crippen molar-refractivity contribution in [3.05, 3.63) is 24.0 Å². The van der Waals surface area contributed by atoms with Gasteiger partial charge in [-0.2, -0.15) is 13.2 Å². The highest BCUT2D eigenvalue weighted by Gasteiger charge is 2.38. The van der Waals surface area contributed by atoms with Crippen molar-refractivity contribution in [3.63, 3.8) is 0 Å². The van der Waals surface area contributed by atoms with Crippen LogP contribution in [0, 0.1) is 0 Å². The molecule has 0 saturated heterocycles. The normalized spacial score (nSPS) is 17.3. The van der Waals surface area contributed by atoms with Gasteiger partial charge in [0, 0.05) is 6.04 Å². The van der Waals surface area contributed by atoms with Crippen LogP contribution in [0.25, 0.3) is 0 Å². The van der Waals surface area contributed by atoms with E-state index in [-0.39, 0.29) is 6.04 Å². The molecule has 6 heteroatoms. The van der Waals surface area contributed by atoms with E-state index in [2.05, 4.69) is 4.98 Å². The number of nitrogens with zero attached hydrogens (tertiary/aromatic N) is 2. The van der Waals surface area contributed by atoms with Gasteiger partial charge < -0.3 is 10.0 Å². The molecule has 0 unspecified atom stereocenters. The molecule has 2 rings (SSSR count). The molecule has 1 aromatic rings. The summed E-state index contributed by atoms with van der Waals surface area (Å²) in [7, 11) is 0. The highest BCUT2D eigenvalue weighted by atomic mass is 19.4. The Balaban J connectivity index is 2.13. The van der Waals surface area contributed by atoms with E-state index in [1.54, 1.807) is 12.1 Å². The van der Waals surface area contributed by atoms with E-state index in [1.807, 2.05) is 6.92 Å². The standard InChI is InChI=1S/C13H17F3N2O/c1-2-12(19)11-6-5-10(7-17-11)18(9-3-4-9)8-13(14,15)16/h5-7,9,12,19H,2-4,8H2,1H3/t12-/m0/s1. The lowest BCUT2D eigenvalue weighted by Crippen LogP contribution is -2.36. The molecule has 1 heterocycles. The van der Waals surface area contributed by atoms with E-state index in [9.17, 15) is 18.3 Å². The topological polar surface area (TPSA) is 36.4 Å². The molecular weight excluding hydrogens is 257 g/mol. The van der Waals surface area contributed by atoms with Crippen LogP contribution in [0.5, 0.6) is 0 Å². The summed E-state index contributed by atoms with van der Waals surface area (Å²) in [5.74, 6) is 0. The van der Waals surface area contributed by atoms with Crippen LogP contribution in [0.1, 0.15) is 38.0 Å². The summed E-state index contributed by atoms with van der Waals surface area (Å²) in [4.78, 5) is 5.39. The van der Waals surface area contributed by atoms with E-state index < -0.39 is 18.8 Å². The van der Waals surface area contributed by atoms with Gasteiger partial charge in [0.05, 0.1) is 23.7 Å². The zero-order chi connectivity index (χ0) is 14.0. The Labute approximate surface area is 110 Å². The van der Waals surface area contributed by atoms with Crippen molar-refractivity contribution >= 4 is 5.69 Å². The van der Waals surface area contributed by atoms with Crippen LogP contribution < -0.4 is 4.90 Å². The molecule has 0 bridgehead atoms. The van der Waals surface area contributed by atoms with Gasteiger partial charge in [0.1, 0.15) is 6.54 Å². The summed E-state index contributed by atoms with van der Waals surface area (Å²) >= 11 is 0. The average Bonchev–Trinajstić information content (AvgIpc) is 3.18. The molecule has 0 aliphatic heterocycles. The lowest BCUT2D eigenvalue weighted by atomic mass is 10.2. The molecule has 106 valence electrons. The Morgan fingerprint density at radius 2 is 2.11 bits per heavy atom. The number of hydrogen-bond acceptors (Lipinski definition) is 3. The Morgan fingerprint density at radius 1 is 1.42 bits per heavy atom. The molecule has 0 spiro atoms. The maximum absolute atomic E-state index is 12.5. The first kappa shape index (κ1) is 14.1. The lowest BCUT2D eigenvalue weighted by Gasteiger charge is -2.25. The number of pyridine rings is 1. The van der Waals surface area contributed by atoms with Gasteiger partial charge >= 0.3 is 6.18 Å². The van der Waals surface area contributed by atoms with Crippen molar-refractivity contribution in [2.45, 2.75) is 44.5 Å². The fraction of sp³-hybridized carbons (Fsp3) is 0.615. The minimum Gasteiger partial charge on any atom is -0.387 e. The summed E-state index contributed by atoms with van der Waals surface area (Å²) < 4.78 is 37.6. The van der Waals surface area contributed by atoms with Gasteiger partial charge in [-0.15, -0.1) is 0 Å². The fourth-order valence-corrected chi connectivity index (χ4v) is 1.98. The van der Waals surface area contributed by atoms with Gasteiger partial charge in [-0.3, -0.25) is 4.98 Å². The van der Waals surface area contributed by atoms with Crippen LogP contribution in [-0.2, 0) is 0 Å². The first-order valence-electron chi connectivity index (χ1n) is 6.38. The minimum atomic E-state index is -4.22. The zero-order valence-corrected chi connectivity index (χ0v) is 10.7. The second kappa shape index (κ2) is 5.36. The number of aliphatic hydroxyl groups is 1. The summed E-state index contributed by atoms with van der Waals surface area (Å²) in [6, 6.07) is 3.16. The largest absolute Gasteiger partial charge is 0.405 e. The number of alkyl halides is 3. The predicted octanol–water partition coefficient (Wildman–Crippen LogP) is 3.06. The van der Waals surface area contributed by atoms with Crippen LogP contribution >= 0.6 is 0 Å². The van der Waals surface area contributed by atoms with Crippen molar-refractivity contribution in [1.82, 2.24) is 4.98 Å². The molecule has 1 aromatic heterocycles. The first-order chi connectivity index (χ1) is 8.90. The van der Waals surface area contributed by atoms with Crippen molar-refractivity contribution in [2.75, 3.05) is 11.4 Å². The Kier molecular flexibility index (Phi) is 3.99. The summed E-state index contributed by atoms with van der Waals surface area (Å²) in [5, 5.41) is 9.61. The molecule has 1 saturated carbocycles. The molecule has 1 fully saturated rings. The highest BCUT2D eigenvalue weighted by Crippen LogP contribution is 2.34. The van der Waals surface area contributed by atoms with Gasteiger partial charge in [0.25, 0.3) is 0 Å². The number of aliphatic hydroxyl groups excluding tert-OH is 1. The number of rotatable bonds is 5. The van der Waals surface area contributed by atoms with Crippen LogP contribution in [0.15, 0.2) is 18.3 Å². The van der Waals surface area contributed by atoms with Crippen LogP contribution in [0.4, 0.5) is 18.9 Å². The Bertz CT molecular complexity index is 415. The Hall–Kier alpha value is -1.30. The average molecular weight is 274 g/mol. The van der Waals surface area contributed by atoms with E-state index >= 15 is 0 Å². The molecule has 0 radical (unpaired) electrons. The van der Waals surface area contributed by atoms with Crippen molar-refractivity contribution in [3.8, 4) is 0 Å². The molecule has 1 atom stereocenters. The molecule has 3 nitrogen and oxygen atoms in total. The summed E-state index contributed by atoms with van der Waals surface area (Å²) in [5.41, 5.74) is 0.959. The number of aromatic nitrogens is 1. The summed E-state index contributed by atoms with van der Waals surface area (Å²) in [6.07, 6.45) is -1.36. The van der Waals surface area contributed by atoms with E-state index in [0.29, 0.717) is 17.8 Å². The van der Waals surface area contributed by atoms with Crippen molar-refractivity contribution in [1.29, 1.82) is 0 Å². The third-order valence-electron chi connectivity index (χ3n) is 3.17. The first-order valence-corrected chi connectivity index (χ1v) is 6.38. The molecule has 1 aliphatic rings. The second-order valence-electron chi connectivity index (χ2n) is 4.84. The smallest absolute Gasteiger partial charge is 0.387 e. The molecule has 0 aromatic carbocycles. The van der Waals surface area contributed by atoms with E-state index in [0.717, 1.165) is 12.8 Å². The van der Waals surface area contributed by atoms with Crippen molar-refractivity contribution in [2.24, 2.45) is 0 Å². The van der Waals surface area contributed by atoms with E-state index in [1.165, 1.54) is 11.1 Å². The third kappa shape index (κ3) is 3.83. The van der Waals surface area contributed by atoms with Gasteiger partial charge in [0.2, 0.25) is 0 Å². The number of halogens is 3. The molecule has 1 N–H and O–H groups in total. The summed E-state index contributed by atoms with van der Waals surface area (Å²) in [6.45, 7) is 0.870. The van der Waals surface area contributed by atoms with E-state index in [4.69, 9.17) is 0 Å². The number of anilines is 1. The highest BCUT2D eigenvalue weighted by molar-refractivity contribution is 5.47. The molecule has 1 aliphatic carbocycles. The van der Waals surface area contributed by atoms with Crippen LogP contribution in [-0.4, -0.2) is 28.9 Å². The van der Waals surface area contributed by atoms with Crippen LogP contribution in [0.2, 0.25) is 0 Å².